The normalized spacial score (nSPS) is 17.2. The Balaban J connectivity index is 2.17. The fourth-order valence-corrected chi connectivity index (χ4v) is 4.81. The van der Waals surface area contributed by atoms with Crippen molar-refractivity contribution >= 4 is 44.6 Å². The van der Waals surface area contributed by atoms with E-state index in [0.29, 0.717) is 24.2 Å². The van der Waals surface area contributed by atoms with Gasteiger partial charge < -0.3 is 5.11 Å². The molecule has 1 saturated carbocycles. The summed E-state index contributed by atoms with van der Waals surface area (Å²) in [7, 11) is -4.02. The minimum Gasteiger partial charge on any atom is -0.481 e. The number of rotatable bonds is 6. The SMILES string of the molecule is O=C(O)C1(CNS(=O)(=O)c2cc([N+](=O)[O-])c(Cl)s2)CCC1. The molecule has 0 aliphatic heterocycles. The van der Waals surface area contributed by atoms with Gasteiger partial charge in [0, 0.05) is 12.6 Å². The third-order valence-corrected chi connectivity index (χ3v) is 6.69. The maximum absolute atomic E-state index is 12.1. The molecule has 0 atom stereocenters. The number of hydrogen-bond donors (Lipinski definition) is 2. The Morgan fingerprint density at radius 2 is 2.19 bits per heavy atom. The molecule has 0 saturated heterocycles. The summed E-state index contributed by atoms with van der Waals surface area (Å²) < 4.78 is 25.8. The van der Waals surface area contributed by atoms with Crippen LogP contribution in [0.5, 0.6) is 0 Å². The highest BCUT2D eigenvalue weighted by Gasteiger charge is 2.45. The number of carbonyl (C=O) groups is 1. The molecule has 116 valence electrons. The van der Waals surface area contributed by atoms with Crippen LogP contribution in [0.2, 0.25) is 4.34 Å². The van der Waals surface area contributed by atoms with Crippen LogP contribution in [0.4, 0.5) is 5.69 Å². The van der Waals surface area contributed by atoms with Crippen molar-refractivity contribution < 1.29 is 23.2 Å². The molecule has 8 nitrogen and oxygen atoms in total. The quantitative estimate of drug-likeness (QED) is 0.592. The summed E-state index contributed by atoms with van der Waals surface area (Å²) in [6.07, 6.45) is 1.52. The fourth-order valence-electron chi connectivity index (χ4n) is 1.97. The third kappa shape index (κ3) is 3.03. The highest BCUT2D eigenvalue weighted by molar-refractivity contribution is 7.91. The number of nitro groups is 1. The molecule has 1 aromatic rings. The lowest BCUT2D eigenvalue weighted by atomic mass is 9.69. The molecule has 11 heteroatoms. The van der Waals surface area contributed by atoms with Crippen molar-refractivity contribution in [2.24, 2.45) is 5.41 Å². The number of halogens is 1. The Kier molecular flexibility index (Phi) is 4.24. The van der Waals surface area contributed by atoms with Gasteiger partial charge >= 0.3 is 5.97 Å². The van der Waals surface area contributed by atoms with Crippen LogP contribution >= 0.6 is 22.9 Å². The first-order valence-corrected chi connectivity index (χ1v) is 8.52. The first kappa shape index (κ1) is 16.1. The smallest absolute Gasteiger partial charge is 0.310 e. The van der Waals surface area contributed by atoms with Crippen LogP contribution in [0.15, 0.2) is 10.3 Å². The lowest BCUT2D eigenvalue weighted by molar-refractivity contribution is -0.384. The van der Waals surface area contributed by atoms with Gasteiger partial charge in [0.1, 0.15) is 4.21 Å². The van der Waals surface area contributed by atoms with Crippen LogP contribution in [0, 0.1) is 15.5 Å². The topological polar surface area (TPSA) is 127 Å². The second-order valence-corrected chi connectivity index (χ2v) is 8.39. The molecule has 0 radical (unpaired) electrons. The molecule has 1 fully saturated rings. The number of thiophene rings is 1. The second-order valence-electron chi connectivity index (χ2n) is 4.75. The lowest BCUT2D eigenvalue weighted by Gasteiger charge is -2.37. The van der Waals surface area contributed by atoms with E-state index in [1.54, 1.807) is 0 Å². The summed E-state index contributed by atoms with van der Waals surface area (Å²) in [6.45, 7) is -0.242. The van der Waals surface area contributed by atoms with Crippen molar-refractivity contribution in [3.05, 3.63) is 20.5 Å². The van der Waals surface area contributed by atoms with E-state index < -0.39 is 32.0 Å². The predicted molar refractivity (Wildman–Crippen MR) is 75.1 cm³/mol. The van der Waals surface area contributed by atoms with E-state index >= 15 is 0 Å². The van der Waals surface area contributed by atoms with Crippen LogP contribution in [0.1, 0.15) is 19.3 Å². The summed E-state index contributed by atoms with van der Waals surface area (Å²) in [4.78, 5) is 21.0. The number of carboxylic acid groups (broad SMARTS) is 1. The third-order valence-electron chi connectivity index (χ3n) is 3.47. The van der Waals surface area contributed by atoms with E-state index in [-0.39, 0.29) is 15.1 Å². The summed E-state index contributed by atoms with van der Waals surface area (Å²) in [5, 5.41) is 19.8. The van der Waals surface area contributed by atoms with E-state index in [1.807, 2.05) is 0 Å². The van der Waals surface area contributed by atoms with Crippen LogP contribution in [-0.2, 0) is 14.8 Å². The van der Waals surface area contributed by atoms with Gasteiger partial charge in [0.25, 0.3) is 5.69 Å². The molecule has 0 spiro atoms. The van der Waals surface area contributed by atoms with E-state index in [2.05, 4.69) is 4.72 Å². The van der Waals surface area contributed by atoms with Crippen LogP contribution in [0.25, 0.3) is 0 Å². The molecule has 1 aromatic heterocycles. The molecule has 21 heavy (non-hydrogen) atoms. The van der Waals surface area contributed by atoms with Gasteiger partial charge in [-0.05, 0) is 12.8 Å². The standard InChI is InChI=1S/C10H11ClN2O6S2/c11-8-6(13(16)17)4-7(20-8)21(18,19)12-5-10(9(14)15)2-1-3-10/h4,12H,1-3,5H2,(H,14,15). The number of sulfonamides is 1. The largest absolute Gasteiger partial charge is 0.481 e. The molecular formula is C10H11ClN2O6S2. The zero-order valence-electron chi connectivity index (χ0n) is 10.5. The van der Waals surface area contributed by atoms with Crippen molar-refractivity contribution in [1.29, 1.82) is 0 Å². The predicted octanol–water partition coefficient (Wildman–Crippen LogP) is 1.84. The zero-order chi connectivity index (χ0) is 15.8. The molecule has 0 aromatic carbocycles. The van der Waals surface area contributed by atoms with Gasteiger partial charge in [-0.15, -0.1) is 11.3 Å². The van der Waals surface area contributed by atoms with Crippen LogP contribution < -0.4 is 4.72 Å². The molecule has 1 heterocycles. The van der Waals surface area contributed by atoms with Gasteiger partial charge in [-0.3, -0.25) is 14.9 Å². The van der Waals surface area contributed by atoms with Crippen molar-refractivity contribution in [2.75, 3.05) is 6.54 Å². The first-order valence-electron chi connectivity index (χ1n) is 5.85. The second kappa shape index (κ2) is 5.52. The van der Waals surface area contributed by atoms with Crippen molar-refractivity contribution in [1.82, 2.24) is 4.72 Å². The average molecular weight is 355 g/mol. The average Bonchev–Trinajstić information content (AvgIpc) is 2.70. The summed E-state index contributed by atoms with van der Waals surface area (Å²) in [6, 6.07) is 0.865. The molecule has 1 aliphatic carbocycles. The minimum absolute atomic E-state index is 0.239. The zero-order valence-corrected chi connectivity index (χ0v) is 12.9. The molecule has 0 bridgehead atoms. The Labute approximate surface area is 128 Å². The van der Waals surface area contributed by atoms with E-state index in [1.165, 1.54) is 0 Å². The number of carboxylic acids is 1. The minimum atomic E-state index is -4.02. The number of nitrogens with zero attached hydrogens (tertiary/aromatic N) is 1. The van der Waals surface area contributed by atoms with Gasteiger partial charge in [-0.2, -0.15) is 0 Å². The Morgan fingerprint density at radius 1 is 1.57 bits per heavy atom. The summed E-state index contributed by atoms with van der Waals surface area (Å²) in [5.74, 6) is -1.05. The monoisotopic (exact) mass is 354 g/mol. The Hall–Kier alpha value is -1.23. The summed E-state index contributed by atoms with van der Waals surface area (Å²) in [5.41, 5.74) is -1.57. The maximum Gasteiger partial charge on any atom is 0.310 e. The Bertz CT molecular complexity index is 694. The first-order chi connectivity index (χ1) is 9.68. The number of aliphatic carboxylic acids is 1. The lowest BCUT2D eigenvalue weighted by Crippen LogP contribution is -2.47. The van der Waals surface area contributed by atoms with E-state index in [4.69, 9.17) is 16.7 Å². The summed E-state index contributed by atoms with van der Waals surface area (Å²) >= 11 is 6.18. The number of hydrogen-bond acceptors (Lipinski definition) is 6. The van der Waals surface area contributed by atoms with Crippen LogP contribution in [0.3, 0.4) is 0 Å². The van der Waals surface area contributed by atoms with Crippen molar-refractivity contribution in [3.63, 3.8) is 0 Å². The molecular weight excluding hydrogens is 344 g/mol. The highest BCUT2D eigenvalue weighted by atomic mass is 35.5. The molecule has 1 aliphatic rings. The molecule has 0 unspecified atom stereocenters. The van der Waals surface area contributed by atoms with Crippen molar-refractivity contribution in [2.45, 2.75) is 23.5 Å². The fraction of sp³-hybridized carbons (Fsp3) is 0.500. The van der Waals surface area contributed by atoms with Gasteiger partial charge in [-0.25, -0.2) is 13.1 Å². The molecule has 2 N–H and O–H groups in total. The van der Waals surface area contributed by atoms with Crippen molar-refractivity contribution in [3.8, 4) is 0 Å². The highest BCUT2D eigenvalue weighted by Crippen LogP contribution is 2.41. The van der Waals surface area contributed by atoms with Gasteiger partial charge in [-0.1, -0.05) is 18.0 Å². The van der Waals surface area contributed by atoms with Gasteiger partial charge in [0.05, 0.1) is 10.3 Å². The van der Waals surface area contributed by atoms with E-state index in [9.17, 15) is 23.3 Å². The maximum atomic E-state index is 12.1. The van der Waals surface area contributed by atoms with E-state index in [0.717, 1.165) is 12.5 Å². The van der Waals surface area contributed by atoms with Crippen LogP contribution in [-0.4, -0.2) is 31.0 Å². The van der Waals surface area contributed by atoms with Gasteiger partial charge in [0.2, 0.25) is 10.0 Å². The molecule has 0 amide bonds. The molecule has 2 rings (SSSR count). The van der Waals surface area contributed by atoms with Gasteiger partial charge in [0.15, 0.2) is 4.34 Å². The number of nitrogens with one attached hydrogen (secondary N) is 1. The Morgan fingerprint density at radius 3 is 2.57 bits per heavy atom.